The average molecular weight is 339 g/mol. The molecule has 2 unspecified atom stereocenters. The monoisotopic (exact) mass is 338 g/mol. The van der Waals surface area contributed by atoms with Gasteiger partial charge in [-0.05, 0) is 38.3 Å². The van der Waals surface area contributed by atoms with Crippen molar-refractivity contribution in [1.29, 1.82) is 0 Å². The van der Waals surface area contributed by atoms with E-state index in [-0.39, 0.29) is 30.6 Å². The van der Waals surface area contributed by atoms with Crippen molar-refractivity contribution in [3.63, 3.8) is 0 Å². The van der Waals surface area contributed by atoms with Gasteiger partial charge in [-0.25, -0.2) is 0 Å². The Morgan fingerprint density at radius 3 is 2.74 bits per heavy atom. The van der Waals surface area contributed by atoms with Crippen molar-refractivity contribution in [3.8, 4) is 0 Å². The van der Waals surface area contributed by atoms with Crippen LogP contribution in [0.3, 0.4) is 0 Å². The molecule has 1 fully saturated rings. The lowest BCUT2D eigenvalue weighted by molar-refractivity contribution is -0.133. The fraction of sp³-hybridized carbons (Fsp3) is 0.529. The summed E-state index contributed by atoms with van der Waals surface area (Å²) in [6.45, 7) is 2.05. The first-order chi connectivity index (χ1) is 11.0. The molecule has 6 heteroatoms. The molecule has 0 radical (unpaired) electrons. The van der Waals surface area contributed by atoms with Crippen LogP contribution in [0.15, 0.2) is 24.3 Å². The Morgan fingerprint density at radius 2 is 2.09 bits per heavy atom. The molecule has 2 amide bonds. The molecule has 0 spiro atoms. The van der Waals surface area contributed by atoms with Crippen LogP contribution in [0.1, 0.15) is 32.6 Å². The standard InChI is InChI=1S/C17H23ClN2O3/c1-12-7-8-13(23-12)9-10-17(22)20(2)11-16(21)19-15-6-4-3-5-14(15)18/h3-6,12-13H,7-11H2,1-2H3,(H,19,21). The lowest BCUT2D eigenvalue weighted by Gasteiger charge is -2.18. The molecule has 1 aromatic rings. The number of ether oxygens (including phenoxy) is 1. The van der Waals surface area contributed by atoms with E-state index < -0.39 is 0 Å². The summed E-state index contributed by atoms with van der Waals surface area (Å²) in [5.74, 6) is -0.317. The molecular formula is C17H23ClN2O3. The summed E-state index contributed by atoms with van der Waals surface area (Å²) in [4.78, 5) is 25.5. The Labute approximate surface area is 141 Å². The summed E-state index contributed by atoms with van der Waals surface area (Å²) in [6, 6.07) is 7.01. The van der Waals surface area contributed by atoms with Crippen LogP contribution in [0, 0.1) is 0 Å². The zero-order chi connectivity index (χ0) is 16.8. The first-order valence-corrected chi connectivity index (χ1v) is 8.27. The quantitative estimate of drug-likeness (QED) is 0.867. The maximum Gasteiger partial charge on any atom is 0.244 e. The summed E-state index contributed by atoms with van der Waals surface area (Å²) < 4.78 is 5.70. The van der Waals surface area contributed by atoms with Gasteiger partial charge < -0.3 is 15.0 Å². The van der Waals surface area contributed by atoms with Crippen LogP contribution in [0.2, 0.25) is 5.02 Å². The largest absolute Gasteiger partial charge is 0.375 e. The molecule has 0 saturated carbocycles. The predicted octanol–water partition coefficient (Wildman–Crippen LogP) is 3.08. The lowest BCUT2D eigenvalue weighted by atomic mass is 10.1. The molecule has 0 aromatic heterocycles. The molecule has 2 atom stereocenters. The van der Waals surface area contributed by atoms with Crippen molar-refractivity contribution >= 4 is 29.1 Å². The maximum atomic E-state index is 12.1. The maximum absolute atomic E-state index is 12.1. The van der Waals surface area contributed by atoms with Crippen molar-refractivity contribution in [3.05, 3.63) is 29.3 Å². The van der Waals surface area contributed by atoms with Crippen molar-refractivity contribution < 1.29 is 14.3 Å². The second kappa shape index (κ2) is 8.31. The number of hydrogen-bond acceptors (Lipinski definition) is 3. The number of halogens is 1. The van der Waals surface area contributed by atoms with Gasteiger partial charge in [-0.2, -0.15) is 0 Å². The predicted molar refractivity (Wildman–Crippen MR) is 90.5 cm³/mol. The Balaban J connectivity index is 1.74. The van der Waals surface area contributed by atoms with Gasteiger partial charge in [0.2, 0.25) is 11.8 Å². The molecule has 1 saturated heterocycles. The van der Waals surface area contributed by atoms with E-state index in [1.54, 1.807) is 31.3 Å². The summed E-state index contributed by atoms with van der Waals surface area (Å²) in [6.07, 6.45) is 3.61. The molecular weight excluding hydrogens is 316 g/mol. The van der Waals surface area contributed by atoms with Gasteiger partial charge in [0.25, 0.3) is 0 Å². The van der Waals surface area contributed by atoms with Crippen molar-refractivity contribution in [1.82, 2.24) is 4.90 Å². The van der Waals surface area contributed by atoms with Gasteiger partial charge in [0.1, 0.15) is 0 Å². The van der Waals surface area contributed by atoms with E-state index in [0.29, 0.717) is 23.6 Å². The Hall–Kier alpha value is -1.59. The van der Waals surface area contributed by atoms with Crippen molar-refractivity contribution in [2.75, 3.05) is 18.9 Å². The second-order valence-corrected chi connectivity index (χ2v) is 6.37. The zero-order valence-electron chi connectivity index (χ0n) is 13.5. The Morgan fingerprint density at radius 1 is 1.35 bits per heavy atom. The molecule has 1 aliphatic heterocycles. The highest BCUT2D eigenvalue weighted by Gasteiger charge is 2.23. The van der Waals surface area contributed by atoms with Gasteiger partial charge in [0, 0.05) is 13.5 Å². The van der Waals surface area contributed by atoms with E-state index in [2.05, 4.69) is 5.32 Å². The average Bonchev–Trinajstić information content (AvgIpc) is 2.92. The van der Waals surface area contributed by atoms with E-state index in [9.17, 15) is 9.59 Å². The number of hydrogen-bond donors (Lipinski definition) is 1. The summed E-state index contributed by atoms with van der Waals surface area (Å²) in [5.41, 5.74) is 0.549. The van der Waals surface area contributed by atoms with E-state index in [1.165, 1.54) is 4.90 Å². The van der Waals surface area contributed by atoms with Gasteiger partial charge in [-0.3, -0.25) is 9.59 Å². The van der Waals surface area contributed by atoms with Crippen LogP contribution in [0.4, 0.5) is 5.69 Å². The van der Waals surface area contributed by atoms with Crippen LogP contribution in [0.5, 0.6) is 0 Å². The number of nitrogens with zero attached hydrogens (tertiary/aromatic N) is 1. The number of carbonyl (C=O) groups is 2. The molecule has 0 aliphatic carbocycles. The van der Waals surface area contributed by atoms with Gasteiger partial charge in [-0.15, -0.1) is 0 Å². The van der Waals surface area contributed by atoms with Gasteiger partial charge in [-0.1, -0.05) is 23.7 Å². The first kappa shape index (κ1) is 17.8. The molecule has 1 heterocycles. The fourth-order valence-corrected chi connectivity index (χ4v) is 2.81. The summed E-state index contributed by atoms with van der Waals surface area (Å²) in [5, 5.41) is 3.18. The highest BCUT2D eigenvalue weighted by Crippen LogP contribution is 2.23. The van der Waals surface area contributed by atoms with Gasteiger partial charge in [0.05, 0.1) is 29.5 Å². The number of nitrogens with one attached hydrogen (secondary N) is 1. The number of benzene rings is 1. The number of rotatable bonds is 6. The fourth-order valence-electron chi connectivity index (χ4n) is 2.63. The molecule has 0 bridgehead atoms. The molecule has 5 nitrogen and oxygen atoms in total. The van der Waals surface area contributed by atoms with E-state index in [4.69, 9.17) is 16.3 Å². The first-order valence-electron chi connectivity index (χ1n) is 7.89. The van der Waals surface area contributed by atoms with Crippen LogP contribution in [-0.2, 0) is 14.3 Å². The second-order valence-electron chi connectivity index (χ2n) is 5.96. The van der Waals surface area contributed by atoms with E-state index in [0.717, 1.165) is 12.8 Å². The molecule has 1 aliphatic rings. The minimum atomic E-state index is -0.264. The number of para-hydroxylation sites is 1. The Kier molecular flexibility index (Phi) is 6.42. The minimum absolute atomic E-state index is 0.00594. The molecule has 126 valence electrons. The lowest BCUT2D eigenvalue weighted by Crippen LogP contribution is -2.35. The van der Waals surface area contributed by atoms with Gasteiger partial charge in [0.15, 0.2) is 0 Å². The zero-order valence-corrected chi connectivity index (χ0v) is 14.3. The summed E-state index contributed by atoms with van der Waals surface area (Å²) >= 11 is 5.99. The highest BCUT2D eigenvalue weighted by atomic mass is 35.5. The third-order valence-corrected chi connectivity index (χ3v) is 4.28. The SMILES string of the molecule is CC1CCC(CCC(=O)N(C)CC(=O)Nc2ccccc2Cl)O1. The number of carbonyl (C=O) groups excluding carboxylic acids is 2. The van der Waals surface area contributed by atoms with Crippen LogP contribution in [-0.4, -0.2) is 42.5 Å². The highest BCUT2D eigenvalue weighted by molar-refractivity contribution is 6.33. The third-order valence-electron chi connectivity index (χ3n) is 3.95. The smallest absolute Gasteiger partial charge is 0.244 e. The molecule has 1 aromatic carbocycles. The van der Waals surface area contributed by atoms with Crippen molar-refractivity contribution in [2.24, 2.45) is 0 Å². The topological polar surface area (TPSA) is 58.6 Å². The normalized spacial score (nSPS) is 20.3. The minimum Gasteiger partial charge on any atom is -0.375 e. The number of amides is 2. The van der Waals surface area contributed by atoms with Crippen LogP contribution >= 0.6 is 11.6 Å². The molecule has 1 N–H and O–H groups in total. The number of likely N-dealkylation sites (N-methyl/N-ethyl adjacent to an activating group) is 1. The molecule has 2 rings (SSSR count). The summed E-state index contributed by atoms with van der Waals surface area (Å²) in [7, 11) is 1.63. The third kappa shape index (κ3) is 5.52. The van der Waals surface area contributed by atoms with E-state index >= 15 is 0 Å². The number of anilines is 1. The van der Waals surface area contributed by atoms with Gasteiger partial charge >= 0.3 is 0 Å². The van der Waals surface area contributed by atoms with Crippen molar-refractivity contribution in [2.45, 2.75) is 44.8 Å². The molecule has 23 heavy (non-hydrogen) atoms. The van der Waals surface area contributed by atoms with Crippen LogP contribution in [0.25, 0.3) is 0 Å². The van der Waals surface area contributed by atoms with E-state index in [1.807, 2.05) is 6.92 Å². The Bertz CT molecular complexity index is 565. The van der Waals surface area contributed by atoms with Crippen LogP contribution < -0.4 is 5.32 Å².